The van der Waals surface area contributed by atoms with Crippen molar-refractivity contribution in [3.05, 3.63) is 23.0 Å². The van der Waals surface area contributed by atoms with Crippen LogP contribution in [0.2, 0.25) is 0 Å². The predicted molar refractivity (Wildman–Crippen MR) is 76.5 cm³/mol. The summed E-state index contributed by atoms with van der Waals surface area (Å²) in [6.07, 6.45) is 0. The Morgan fingerprint density at radius 1 is 1.40 bits per heavy atom. The van der Waals surface area contributed by atoms with Crippen molar-refractivity contribution in [1.82, 2.24) is 4.57 Å². The summed E-state index contributed by atoms with van der Waals surface area (Å²) in [6, 6.07) is 2.01. The Balaban J connectivity index is 2.05. The van der Waals surface area contributed by atoms with Crippen LogP contribution in [-0.4, -0.2) is 56.9 Å². The van der Waals surface area contributed by atoms with Gasteiger partial charge in [0, 0.05) is 30.6 Å². The molecule has 112 valence electrons. The number of nitrogens with zero attached hydrogens (tertiary/aromatic N) is 1. The molecule has 1 aliphatic rings. The van der Waals surface area contributed by atoms with Gasteiger partial charge in [-0.3, -0.25) is 4.79 Å². The van der Waals surface area contributed by atoms with Gasteiger partial charge in [0.1, 0.15) is 19.6 Å². The normalized spacial score (nSPS) is 16.6. The van der Waals surface area contributed by atoms with Gasteiger partial charge in [0.05, 0.1) is 19.8 Å². The van der Waals surface area contributed by atoms with Gasteiger partial charge in [-0.25, -0.2) is 0 Å². The van der Waals surface area contributed by atoms with Crippen molar-refractivity contribution < 1.29 is 19.2 Å². The monoisotopic (exact) mass is 281 g/mol. The number of Topliss-reactive ketones (excluding diaryl/α,β-unsaturated/α-hetero) is 1. The molecule has 1 aromatic rings. The highest BCUT2D eigenvalue weighted by Gasteiger charge is 2.22. The average molecular weight is 281 g/mol. The summed E-state index contributed by atoms with van der Waals surface area (Å²) in [7, 11) is 1.70. The van der Waals surface area contributed by atoms with E-state index in [4.69, 9.17) is 9.47 Å². The molecule has 1 aliphatic heterocycles. The molecule has 2 heterocycles. The number of aromatic nitrogens is 1. The van der Waals surface area contributed by atoms with E-state index in [2.05, 4.69) is 4.57 Å². The van der Waals surface area contributed by atoms with Gasteiger partial charge in [-0.05, 0) is 19.9 Å². The van der Waals surface area contributed by atoms with Crippen LogP contribution in [0.15, 0.2) is 6.07 Å². The fraction of sp³-hybridized carbons (Fsp3) is 0.667. The van der Waals surface area contributed by atoms with Gasteiger partial charge in [-0.2, -0.15) is 0 Å². The number of hydrogen-bond donors (Lipinski definition) is 1. The second-order valence-corrected chi connectivity index (χ2v) is 5.39. The van der Waals surface area contributed by atoms with Crippen LogP contribution in [-0.2, 0) is 16.0 Å². The molecule has 5 nitrogen and oxygen atoms in total. The fourth-order valence-corrected chi connectivity index (χ4v) is 2.77. The Hall–Kier alpha value is -1.17. The molecule has 0 radical (unpaired) electrons. The van der Waals surface area contributed by atoms with Crippen molar-refractivity contribution in [2.24, 2.45) is 0 Å². The van der Waals surface area contributed by atoms with Crippen LogP contribution < -0.4 is 4.90 Å². The minimum absolute atomic E-state index is 0.235. The fourth-order valence-electron chi connectivity index (χ4n) is 2.77. The third-order valence-corrected chi connectivity index (χ3v) is 4.00. The number of carbonyl (C=O) groups excluding carboxylic acids is 1. The number of methoxy groups -OCH3 is 1. The standard InChI is InChI=1S/C15H24N2O3/c1-12-10-14(13(2)17(12)6-7-19-3)15(18)11-16-4-8-20-9-5-16/h10H,4-9,11H2,1-3H3/p+1. The molecular weight excluding hydrogens is 256 g/mol. The molecule has 0 amide bonds. The molecule has 20 heavy (non-hydrogen) atoms. The molecule has 1 aromatic heterocycles. The van der Waals surface area contributed by atoms with E-state index in [0.717, 1.165) is 49.8 Å². The Bertz CT molecular complexity index is 462. The van der Waals surface area contributed by atoms with Gasteiger partial charge in [-0.1, -0.05) is 0 Å². The SMILES string of the molecule is COCCn1c(C)cc(C(=O)C[NH+]2CCOCC2)c1C. The Morgan fingerprint density at radius 3 is 2.75 bits per heavy atom. The highest BCUT2D eigenvalue weighted by atomic mass is 16.5. The van der Waals surface area contributed by atoms with Crippen molar-refractivity contribution in [2.75, 3.05) is 46.6 Å². The summed E-state index contributed by atoms with van der Waals surface area (Å²) in [6.45, 7) is 9.46. The smallest absolute Gasteiger partial charge is 0.218 e. The largest absolute Gasteiger partial charge is 0.383 e. The number of rotatable bonds is 6. The zero-order chi connectivity index (χ0) is 14.5. The van der Waals surface area contributed by atoms with Gasteiger partial charge in [-0.15, -0.1) is 0 Å². The maximum Gasteiger partial charge on any atom is 0.218 e. The van der Waals surface area contributed by atoms with E-state index in [-0.39, 0.29) is 5.78 Å². The number of carbonyl (C=O) groups is 1. The number of morpholine rings is 1. The summed E-state index contributed by atoms with van der Waals surface area (Å²) in [5.74, 6) is 0.235. The minimum Gasteiger partial charge on any atom is -0.383 e. The second kappa shape index (κ2) is 7.02. The Kier molecular flexibility index (Phi) is 5.34. The van der Waals surface area contributed by atoms with Crippen molar-refractivity contribution in [3.8, 4) is 0 Å². The van der Waals surface area contributed by atoms with E-state index >= 15 is 0 Å². The van der Waals surface area contributed by atoms with Crippen LogP contribution in [0.25, 0.3) is 0 Å². The molecule has 5 heteroatoms. The number of ketones is 1. The van der Waals surface area contributed by atoms with Crippen molar-refractivity contribution in [2.45, 2.75) is 20.4 Å². The first-order valence-electron chi connectivity index (χ1n) is 7.23. The first-order valence-corrected chi connectivity index (χ1v) is 7.23. The molecule has 0 aromatic carbocycles. The van der Waals surface area contributed by atoms with Gasteiger partial charge in [0.15, 0.2) is 0 Å². The summed E-state index contributed by atoms with van der Waals surface area (Å²) < 4.78 is 12.6. The van der Waals surface area contributed by atoms with Crippen molar-refractivity contribution in [3.63, 3.8) is 0 Å². The Morgan fingerprint density at radius 2 is 2.10 bits per heavy atom. The lowest BCUT2D eigenvalue weighted by Gasteiger charge is -2.22. The molecule has 0 saturated carbocycles. The highest BCUT2D eigenvalue weighted by Crippen LogP contribution is 2.15. The van der Waals surface area contributed by atoms with Crippen LogP contribution in [0.1, 0.15) is 21.7 Å². The number of hydrogen-bond acceptors (Lipinski definition) is 3. The third-order valence-electron chi connectivity index (χ3n) is 4.00. The minimum atomic E-state index is 0.235. The van der Waals surface area contributed by atoms with Crippen LogP contribution in [0.4, 0.5) is 0 Å². The highest BCUT2D eigenvalue weighted by molar-refractivity contribution is 5.98. The predicted octanol–water partition coefficient (Wildman–Crippen LogP) is -0.151. The van der Waals surface area contributed by atoms with E-state index in [1.54, 1.807) is 7.11 Å². The average Bonchev–Trinajstić information content (AvgIpc) is 2.73. The summed E-state index contributed by atoms with van der Waals surface area (Å²) in [4.78, 5) is 13.8. The van der Waals surface area contributed by atoms with E-state index in [1.807, 2.05) is 19.9 Å². The van der Waals surface area contributed by atoms with Crippen LogP contribution in [0.5, 0.6) is 0 Å². The van der Waals surface area contributed by atoms with Crippen molar-refractivity contribution in [1.29, 1.82) is 0 Å². The quantitative estimate of drug-likeness (QED) is 0.738. The first kappa shape index (κ1) is 15.2. The van der Waals surface area contributed by atoms with Gasteiger partial charge in [0.2, 0.25) is 5.78 Å². The molecule has 0 aliphatic carbocycles. The zero-order valence-corrected chi connectivity index (χ0v) is 12.7. The molecule has 1 fully saturated rings. The number of nitrogens with one attached hydrogen (secondary N) is 1. The lowest BCUT2D eigenvalue weighted by Crippen LogP contribution is -3.14. The number of quaternary nitrogens is 1. The van der Waals surface area contributed by atoms with Crippen LogP contribution >= 0.6 is 0 Å². The van der Waals surface area contributed by atoms with Gasteiger partial charge in [0.25, 0.3) is 0 Å². The summed E-state index contributed by atoms with van der Waals surface area (Å²) in [5.41, 5.74) is 3.04. The molecule has 0 unspecified atom stereocenters. The number of ether oxygens (including phenoxy) is 2. The molecule has 2 rings (SSSR count). The third kappa shape index (κ3) is 3.48. The molecule has 0 bridgehead atoms. The number of aryl methyl sites for hydroxylation is 1. The summed E-state index contributed by atoms with van der Waals surface area (Å²) >= 11 is 0. The molecule has 1 saturated heterocycles. The van der Waals surface area contributed by atoms with Crippen LogP contribution in [0, 0.1) is 13.8 Å². The second-order valence-electron chi connectivity index (χ2n) is 5.39. The molecular formula is C15H25N2O3+. The lowest BCUT2D eigenvalue weighted by molar-refractivity contribution is -0.899. The molecule has 1 N–H and O–H groups in total. The maximum absolute atomic E-state index is 12.5. The van der Waals surface area contributed by atoms with Crippen molar-refractivity contribution >= 4 is 5.78 Å². The van der Waals surface area contributed by atoms with E-state index in [9.17, 15) is 4.79 Å². The van der Waals surface area contributed by atoms with Crippen LogP contribution in [0.3, 0.4) is 0 Å². The topological polar surface area (TPSA) is 44.9 Å². The summed E-state index contributed by atoms with van der Waals surface area (Å²) in [5, 5.41) is 0. The van der Waals surface area contributed by atoms with E-state index in [1.165, 1.54) is 4.90 Å². The molecule has 0 spiro atoms. The first-order chi connectivity index (χ1) is 9.63. The van der Waals surface area contributed by atoms with Gasteiger partial charge < -0.3 is 18.9 Å². The maximum atomic E-state index is 12.5. The van der Waals surface area contributed by atoms with Gasteiger partial charge >= 0.3 is 0 Å². The Labute approximate surface area is 120 Å². The van der Waals surface area contributed by atoms with E-state index in [0.29, 0.717) is 13.2 Å². The molecule has 0 atom stereocenters. The zero-order valence-electron chi connectivity index (χ0n) is 12.7. The van der Waals surface area contributed by atoms with E-state index < -0.39 is 0 Å². The lowest BCUT2D eigenvalue weighted by atomic mass is 10.1.